The summed E-state index contributed by atoms with van der Waals surface area (Å²) in [6.45, 7) is 3.57. The summed E-state index contributed by atoms with van der Waals surface area (Å²) in [4.78, 5) is 28.9. The van der Waals surface area contributed by atoms with Crippen LogP contribution in [0.2, 0.25) is 5.02 Å². The third-order valence-corrected chi connectivity index (χ3v) is 9.02. The Kier molecular flexibility index (Phi) is 11.1. The highest BCUT2D eigenvalue weighted by Gasteiger charge is 2.33. The molecule has 0 radical (unpaired) electrons. The normalized spacial score (nSPS) is 13.1. The van der Waals surface area contributed by atoms with Gasteiger partial charge in [0, 0.05) is 35.6 Å². The van der Waals surface area contributed by atoms with E-state index in [-0.39, 0.29) is 29.8 Å². The van der Waals surface area contributed by atoms with Crippen LogP contribution >= 0.6 is 27.5 Å². The third kappa shape index (κ3) is 8.63. The molecule has 0 aliphatic heterocycles. The fraction of sp³-hybridized carbons (Fsp3) is 0.310. The molecular formula is C29H33BrClN3O4S. The van der Waals surface area contributed by atoms with Crippen LogP contribution in [0.25, 0.3) is 0 Å². The van der Waals surface area contributed by atoms with Gasteiger partial charge >= 0.3 is 0 Å². The van der Waals surface area contributed by atoms with Gasteiger partial charge in [0.2, 0.25) is 21.8 Å². The van der Waals surface area contributed by atoms with Gasteiger partial charge in [0.1, 0.15) is 6.04 Å². The molecule has 0 aliphatic rings. The van der Waals surface area contributed by atoms with E-state index in [9.17, 15) is 18.0 Å². The molecule has 0 unspecified atom stereocenters. The summed E-state index contributed by atoms with van der Waals surface area (Å²) in [5.74, 6) is -0.778. The topological polar surface area (TPSA) is 86.8 Å². The summed E-state index contributed by atoms with van der Waals surface area (Å²) in [6, 6.07) is 21.7. The Balaban J connectivity index is 1.97. The molecular weight excluding hydrogens is 602 g/mol. The van der Waals surface area contributed by atoms with Gasteiger partial charge in [-0.1, -0.05) is 76.9 Å². The Labute approximate surface area is 244 Å². The first-order valence-corrected chi connectivity index (χ1v) is 15.2. The van der Waals surface area contributed by atoms with Gasteiger partial charge in [-0.15, -0.1) is 0 Å². The molecule has 0 spiro atoms. The summed E-state index contributed by atoms with van der Waals surface area (Å²) in [6.07, 6.45) is 1.01. The van der Waals surface area contributed by atoms with Crippen molar-refractivity contribution in [2.75, 3.05) is 13.6 Å². The van der Waals surface area contributed by atoms with Crippen LogP contribution in [-0.4, -0.2) is 55.1 Å². The molecule has 0 aromatic heterocycles. The number of nitrogens with one attached hydrogen (secondary N) is 1. The van der Waals surface area contributed by atoms with Crippen molar-refractivity contribution in [3.63, 3.8) is 0 Å². The first kappa shape index (κ1) is 30.8. The Hall–Kier alpha value is -2.72. The number of likely N-dealkylation sites (N-methyl/N-ethyl adjacent to an activating group) is 1. The van der Waals surface area contributed by atoms with Gasteiger partial charge in [0.05, 0.1) is 11.4 Å². The van der Waals surface area contributed by atoms with Gasteiger partial charge in [-0.05, 0) is 60.9 Å². The van der Waals surface area contributed by atoms with Gasteiger partial charge in [0.15, 0.2) is 0 Å². The van der Waals surface area contributed by atoms with Crippen molar-refractivity contribution in [3.8, 4) is 0 Å². The van der Waals surface area contributed by atoms with Crippen LogP contribution in [0.3, 0.4) is 0 Å². The zero-order valence-corrected chi connectivity index (χ0v) is 25.3. The van der Waals surface area contributed by atoms with E-state index in [1.807, 2.05) is 68.4 Å². The second kappa shape index (κ2) is 14.1. The maximum atomic E-state index is 13.9. The number of carbonyl (C=O) groups excluding carboxylic acids is 2. The van der Waals surface area contributed by atoms with E-state index >= 15 is 0 Å². The quantitative estimate of drug-likeness (QED) is 0.294. The average molecular weight is 635 g/mol. The number of nitrogens with zero attached hydrogens (tertiary/aromatic N) is 2. The minimum atomic E-state index is -3.97. The molecule has 0 aliphatic carbocycles. The Morgan fingerprint density at radius 1 is 0.949 bits per heavy atom. The molecule has 0 saturated carbocycles. The fourth-order valence-electron chi connectivity index (χ4n) is 3.93. The number of hydrogen-bond donors (Lipinski definition) is 1. The Morgan fingerprint density at radius 2 is 1.56 bits per heavy atom. The second-order valence-electron chi connectivity index (χ2n) is 9.39. The smallest absolute Gasteiger partial charge is 0.243 e. The van der Waals surface area contributed by atoms with Crippen LogP contribution in [0.1, 0.15) is 31.4 Å². The van der Waals surface area contributed by atoms with Gasteiger partial charge in [-0.25, -0.2) is 8.42 Å². The highest BCUT2D eigenvalue weighted by molar-refractivity contribution is 9.10. The minimum Gasteiger partial charge on any atom is -0.352 e. The summed E-state index contributed by atoms with van der Waals surface area (Å²) >= 11 is 9.35. The number of sulfonamides is 1. The van der Waals surface area contributed by atoms with Crippen LogP contribution in [0.4, 0.5) is 0 Å². The zero-order chi connectivity index (χ0) is 28.6. The summed E-state index contributed by atoms with van der Waals surface area (Å²) in [7, 11) is -2.62. The van der Waals surface area contributed by atoms with Crippen LogP contribution in [0.5, 0.6) is 0 Å². The van der Waals surface area contributed by atoms with Crippen molar-refractivity contribution in [2.45, 2.75) is 50.2 Å². The van der Waals surface area contributed by atoms with E-state index in [4.69, 9.17) is 11.6 Å². The lowest BCUT2D eigenvalue weighted by Gasteiger charge is -2.33. The van der Waals surface area contributed by atoms with Crippen LogP contribution in [0, 0.1) is 0 Å². The molecule has 2 amide bonds. The lowest BCUT2D eigenvalue weighted by molar-refractivity contribution is -0.141. The molecule has 10 heteroatoms. The van der Waals surface area contributed by atoms with E-state index in [1.54, 1.807) is 0 Å². The predicted molar refractivity (Wildman–Crippen MR) is 158 cm³/mol. The van der Waals surface area contributed by atoms with E-state index in [0.29, 0.717) is 5.02 Å². The SMILES string of the molecule is CC[C@@H](C)NC(=O)[C@@H](Cc1ccccc1)N(Cc1ccc(Br)cc1)C(=O)CN(C)S(=O)(=O)c1ccc(Cl)cc1. The van der Waals surface area contributed by atoms with E-state index in [0.717, 1.165) is 26.3 Å². The number of carbonyl (C=O) groups is 2. The number of hydrogen-bond acceptors (Lipinski definition) is 4. The highest BCUT2D eigenvalue weighted by Crippen LogP contribution is 2.20. The molecule has 39 heavy (non-hydrogen) atoms. The van der Waals surface area contributed by atoms with Gasteiger partial charge in [-0.2, -0.15) is 4.31 Å². The molecule has 0 fully saturated rings. The predicted octanol–water partition coefficient (Wildman–Crippen LogP) is 5.28. The monoisotopic (exact) mass is 633 g/mol. The fourth-order valence-corrected chi connectivity index (χ4v) is 5.45. The zero-order valence-electron chi connectivity index (χ0n) is 22.2. The van der Waals surface area contributed by atoms with Gasteiger partial charge in [0.25, 0.3) is 0 Å². The van der Waals surface area contributed by atoms with Crippen LogP contribution < -0.4 is 5.32 Å². The van der Waals surface area contributed by atoms with Gasteiger partial charge in [-0.3, -0.25) is 9.59 Å². The standard InChI is InChI=1S/C29H33BrClN3O4S/c1-4-21(2)32-29(36)27(18-22-8-6-5-7-9-22)34(19-23-10-12-24(30)13-11-23)28(35)20-33(3)39(37,38)26-16-14-25(31)15-17-26/h5-17,21,27H,4,18-20H2,1-3H3,(H,32,36)/t21-,27-/m1/s1. The second-order valence-corrected chi connectivity index (χ2v) is 12.8. The lowest BCUT2D eigenvalue weighted by Crippen LogP contribution is -2.54. The molecule has 0 bridgehead atoms. The number of amides is 2. The largest absolute Gasteiger partial charge is 0.352 e. The van der Waals surface area contributed by atoms with Gasteiger partial charge < -0.3 is 10.2 Å². The summed E-state index contributed by atoms with van der Waals surface area (Å²) < 4.78 is 28.3. The number of benzene rings is 3. The van der Waals surface area contributed by atoms with Crippen molar-refractivity contribution in [1.82, 2.24) is 14.5 Å². The van der Waals surface area contributed by atoms with Crippen molar-refractivity contribution in [3.05, 3.63) is 99.5 Å². The molecule has 2 atom stereocenters. The molecule has 0 heterocycles. The van der Waals surface area contributed by atoms with Crippen molar-refractivity contribution < 1.29 is 18.0 Å². The molecule has 1 N–H and O–H groups in total. The van der Waals surface area contributed by atoms with E-state index in [2.05, 4.69) is 21.2 Å². The van der Waals surface area contributed by atoms with Crippen molar-refractivity contribution in [2.24, 2.45) is 0 Å². The third-order valence-electron chi connectivity index (χ3n) is 6.42. The molecule has 0 saturated heterocycles. The Morgan fingerprint density at radius 3 is 2.15 bits per heavy atom. The minimum absolute atomic E-state index is 0.0250. The van der Waals surface area contributed by atoms with E-state index < -0.39 is 28.5 Å². The summed E-state index contributed by atoms with van der Waals surface area (Å²) in [5.41, 5.74) is 1.70. The van der Waals surface area contributed by atoms with Crippen LogP contribution in [0.15, 0.2) is 88.2 Å². The number of rotatable bonds is 12. The molecule has 3 aromatic carbocycles. The molecule has 3 aromatic rings. The maximum absolute atomic E-state index is 13.9. The first-order valence-electron chi connectivity index (χ1n) is 12.6. The average Bonchev–Trinajstić information content (AvgIpc) is 2.92. The molecule has 208 valence electrons. The summed E-state index contributed by atoms with van der Waals surface area (Å²) in [5, 5.41) is 3.42. The molecule has 7 nitrogen and oxygen atoms in total. The highest BCUT2D eigenvalue weighted by atomic mass is 79.9. The first-order chi connectivity index (χ1) is 18.5. The lowest BCUT2D eigenvalue weighted by atomic mass is 10.0. The van der Waals surface area contributed by atoms with E-state index in [1.165, 1.54) is 36.2 Å². The number of halogens is 2. The van der Waals surface area contributed by atoms with Crippen molar-refractivity contribution >= 4 is 49.4 Å². The van der Waals surface area contributed by atoms with Crippen LogP contribution in [-0.2, 0) is 32.6 Å². The molecule has 3 rings (SSSR count). The van der Waals surface area contributed by atoms with Crippen molar-refractivity contribution in [1.29, 1.82) is 0 Å². The Bertz CT molecular complexity index is 1350. The maximum Gasteiger partial charge on any atom is 0.243 e.